The van der Waals surface area contributed by atoms with Gasteiger partial charge in [0.25, 0.3) is 0 Å². The summed E-state index contributed by atoms with van der Waals surface area (Å²) < 4.78 is 2.00. The van der Waals surface area contributed by atoms with Crippen molar-refractivity contribution in [2.45, 2.75) is 42.6 Å². The summed E-state index contributed by atoms with van der Waals surface area (Å²) in [6.45, 7) is 0.510. The molecule has 0 atom stereocenters. The Morgan fingerprint density at radius 1 is 1.39 bits per heavy atom. The highest BCUT2D eigenvalue weighted by Crippen LogP contribution is 2.40. The molecule has 1 aliphatic carbocycles. The van der Waals surface area contributed by atoms with Crippen molar-refractivity contribution in [3.05, 3.63) is 41.2 Å². The molecule has 23 heavy (non-hydrogen) atoms. The Morgan fingerprint density at radius 2 is 2.17 bits per heavy atom. The molecule has 1 fully saturated rings. The molecule has 0 radical (unpaired) electrons. The van der Waals surface area contributed by atoms with Crippen molar-refractivity contribution < 1.29 is 4.79 Å². The van der Waals surface area contributed by atoms with E-state index in [0.29, 0.717) is 23.8 Å². The van der Waals surface area contributed by atoms with Gasteiger partial charge in [0.15, 0.2) is 5.16 Å². The number of amides is 1. The molecule has 1 heterocycles. The van der Waals surface area contributed by atoms with E-state index in [1.54, 1.807) is 0 Å². The van der Waals surface area contributed by atoms with Crippen LogP contribution in [0.2, 0.25) is 0 Å². The van der Waals surface area contributed by atoms with Gasteiger partial charge < -0.3 is 10.3 Å². The van der Waals surface area contributed by atoms with Crippen molar-refractivity contribution in [3.8, 4) is 6.07 Å². The molecule has 118 valence electrons. The van der Waals surface area contributed by atoms with Gasteiger partial charge in [-0.1, -0.05) is 30.0 Å². The van der Waals surface area contributed by atoms with Crippen molar-refractivity contribution in [1.29, 1.82) is 5.26 Å². The van der Waals surface area contributed by atoms with Gasteiger partial charge in [0.1, 0.15) is 5.82 Å². The van der Waals surface area contributed by atoms with Crippen LogP contribution >= 0.6 is 11.8 Å². The molecule has 6 nitrogen and oxygen atoms in total. The second-order valence-corrected chi connectivity index (χ2v) is 6.48. The first-order valence-corrected chi connectivity index (χ1v) is 8.50. The Morgan fingerprint density at radius 3 is 2.87 bits per heavy atom. The van der Waals surface area contributed by atoms with Crippen molar-refractivity contribution in [2.75, 3.05) is 0 Å². The smallest absolute Gasteiger partial charge is 0.219 e. The molecule has 1 aromatic heterocycles. The molecule has 0 aliphatic heterocycles. The molecule has 2 aromatic rings. The fourth-order valence-corrected chi connectivity index (χ4v) is 3.36. The first kappa shape index (κ1) is 15.6. The number of hydrogen-bond acceptors (Lipinski definition) is 5. The summed E-state index contributed by atoms with van der Waals surface area (Å²) in [7, 11) is 0. The topological polar surface area (TPSA) is 97.6 Å². The van der Waals surface area contributed by atoms with E-state index in [4.69, 9.17) is 11.0 Å². The van der Waals surface area contributed by atoms with Gasteiger partial charge >= 0.3 is 0 Å². The Labute approximate surface area is 138 Å². The third-order valence-electron chi connectivity index (χ3n) is 3.76. The Hall–Kier alpha value is -2.33. The largest absolute Gasteiger partial charge is 0.370 e. The van der Waals surface area contributed by atoms with Gasteiger partial charge in [0.2, 0.25) is 5.91 Å². The van der Waals surface area contributed by atoms with E-state index in [1.165, 1.54) is 11.8 Å². The zero-order valence-electron chi connectivity index (χ0n) is 12.6. The second kappa shape index (κ2) is 6.84. The monoisotopic (exact) mass is 327 g/mol. The summed E-state index contributed by atoms with van der Waals surface area (Å²) in [4.78, 5) is 11.1. The molecule has 1 aliphatic rings. The highest BCUT2D eigenvalue weighted by molar-refractivity contribution is 7.98. The molecule has 1 amide bonds. The lowest BCUT2D eigenvalue weighted by Crippen LogP contribution is -2.15. The maximum Gasteiger partial charge on any atom is 0.219 e. The SMILES string of the molecule is N#Cc1ccccc1CSc1nnc(C2CC2)n1CCC(N)=O. The van der Waals surface area contributed by atoms with Crippen LogP contribution in [0, 0.1) is 11.3 Å². The van der Waals surface area contributed by atoms with Gasteiger partial charge in [-0.25, -0.2) is 0 Å². The molecule has 2 N–H and O–H groups in total. The number of benzene rings is 1. The van der Waals surface area contributed by atoms with Crippen LogP contribution in [0.25, 0.3) is 0 Å². The van der Waals surface area contributed by atoms with E-state index in [-0.39, 0.29) is 12.3 Å². The first-order chi connectivity index (χ1) is 11.2. The van der Waals surface area contributed by atoms with Crippen molar-refractivity contribution in [1.82, 2.24) is 14.8 Å². The van der Waals surface area contributed by atoms with Gasteiger partial charge in [0.05, 0.1) is 11.6 Å². The maximum absolute atomic E-state index is 11.1. The Bertz CT molecular complexity index is 760. The predicted octanol–water partition coefficient (Wildman–Crippen LogP) is 2.19. The Kier molecular flexibility index (Phi) is 4.63. The van der Waals surface area contributed by atoms with Crippen LogP contribution in [0.4, 0.5) is 0 Å². The summed E-state index contributed by atoms with van der Waals surface area (Å²) in [6, 6.07) is 9.73. The summed E-state index contributed by atoms with van der Waals surface area (Å²) in [5, 5.41) is 18.5. The highest BCUT2D eigenvalue weighted by atomic mass is 32.2. The number of thioether (sulfide) groups is 1. The molecule has 0 saturated heterocycles. The molecule has 1 saturated carbocycles. The van der Waals surface area contributed by atoms with E-state index in [1.807, 2.05) is 28.8 Å². The average molecular weight is 327 g/mol. The van der Waals surface area contributed by atoms with Crippen LogP contribution < -0.4 is 5.73 Å². The fourth-order valence-electron chi connectivity index (χ4n) is 2.38. The summed E-state index contributed by atoms with van der Waals surface area (Å²) in [5.41, 5.74) is 6.91. The van der Waals surface area contributed by atoms with E-state index in [2.05, 4.69) is 16.3 Å². The lowest BCUT2D eigenvalue weighted by atomic mass is 10.1. The molecule has 0 spiro atoms. The van der Waals surface area contributed by atoms with E-state index in [0.717, 1.165) is 29.4 Å². The van der Waals surface area contributed by atoms with Crippen molar-refractivity contribution >= 4 is 17.7 Å². The third-order valence-corrected chi connectivity index (χ3v) is 4.78. The molecular weight excluding hydrogens is 310 g/mol. The number of primary amides is 1. The van der Waals surface area contributed by atoms with Crippen LogP contribution in [0.3, 0.4) is 0 Å². The minimum absolute atomic E-state index is 0.278. The maximum atomic E-state index is 11.1. The van der Waals surface area contributed by atoms with Crippen LogP contribution in [0.5, 0.6) is 0 Å². The average Bonchev–Trinajstić information content (AvgIpc) is 3.32. The molecule has 3 rings (SSSR count). The van der Waals surface area contributed by atoms with Crippen LogP contribution in [0.15, 0.2) is 29.4 Å². The second-order valence-electron chi connectivity index (χ2n) is 5.54. The zero-order valence-corrected chi connectivity index (χ0v) is 13.4. The van der Waals surface area contributed by atoms with Gasteiger partial charge in [-0.2, -0.15) is 5.26 Å². The van der Waals surface area contributed by atoms with Crippen molar-refractivity contribution in [3.63, 3.8) is 0 Å². The highest BCUT2D eigenvalue weighted by Gasteiger charge is 2.30. The van der Waals surface area contributed by atoms with Gasteiger partial charge in [-0.15, -0.1) is 10.2 Å². The summed E-state index contributed by atoms with van der Waals surface area (Å²) in [5.74, 6) is 1.72. The minimum atomic E-state index is -0.328. The standard InChI is InChI=1S/C16H17N5OS/c17-9-12-3-1-2-4-13(12)10-23-16-20-19-15(11-5-6-11)21(16)8-7-14(18)22/h1-4,11H,5-8,10H2,(H2,18,22). The number of nitriles is 1. The predicted molar refractivity (Wildman–Crippen MR) is 86.5 cm³/mol. The number of rotatable bonds is 7. The number of carbonyl (C=O) groups is 1. The van der Waals surface area contributed by atoms with E-state index in [9.17, 15) is 4.79 Å². The number of nitrogens with two attached hydrogens (primary N) is 1. The molecule has 7 heteroatoms. The first-order valence-electron chi connectivity index (χ1n) is 7.51. The lowest BCUT2D eigenvalue weighted by Gasteiger charge is -2.09. The van der Waals surface area contributed by atoms with Gasteiger partial charge in [-0.05, 0) is 24.5 Å². The Balaban J connectivity index is 1.77. The lowest BCUT2D eigenvalue weighted by molar-refractivity contribution is -0.118. The van der Waals surface area contributed by atoms with Gasteiger partial charge in [0, 0.05) is 24.6 Å². The number of aromatic nitrogens is 3. The number of carbonyl (C=O) groups excluding carboxylic acids is 1. The molecular formula is C16H17N5OS. The van der Waals surface area contributed by atoms with Gasteiger partial charge in [-0.3, -0.25) is 4.79 Å². The minimum Gasteiger partial charge on any atom is -0.370 e. The summed E-state index contributed by atoms with van der Waals surface area (Å²) >= 11 is 1.53. The zero-order chi connectivity index (χ0) is 16.2. The summed E-state index contributed by atoms with van der Waals surface area (Å²) in [6.07, 6.45) is 2.52. The van der Waals surface area contributed by atoms with E-state index < -0.39 is 0 Å². The van der Waals surface area contributed by atoms with E-state index >= 15 is 0 Å². The molecule has 0 bridgehead atoms. The van der Waals surface area contributed by atoms with Crippen LogP contribution in [-0.2, 0) is 17.1 Å². The van der Waals surface area contributed by atoms with Crippen LogP contribution in [-0.4, -0.2) is 20.7 Å². The normalized spacial score (nSPS) is 13.7. The van der Waals surface area contributed by atoms with Crippen LogP contribution in [0.1, 0.15) is 42.1 Å². The third kappa shape index (κ3) is 3.71. The fraction of sp³-hybridized carbons (Fsp3) is 0.375. The number of nitrogens with zero attached hydrogens (tertiary/aromatic N) is 4. The molecule has 1 aromatic carbocycles. The van der Waals surface area contributed by atoms with Crippen molar-refractivity contribution in [2.24, 2.45) is 5.73 Å². The number of hydrogen-bond donors (Lipinski definition) is 1. The quantitative estimate of drug-likeness (QED) is 0.786. The molecule has 0 unspecified atom stereocenters.